The summed E-state index contributed by atoms with van der Waals surface area (Å²) in [6, 6.07) is 0.163. The lowest BCUT2D eigenvalue weighted by atomic mass is 9.57. The first kappa shape index (κ1) is 23.5. The summed E-state index contributed by atoms with van der Waals surface area (Å²) >= 11 is 1.78. The molecule has 11 nitrogen and oxygen atoms in total. The lowest BCUT2D eigenvalue weighted by Crippen LogP contribution is -2.68. The van der Waals surface area contributed by atoms with Crippen LogP contribution in [0.3, 0.4) is 0 Å². The van der Waals surface area contributed by atoms with Crippen molar-refractivity contribution >= 4 is 45.8 Å². The van der Waals surface area contributed by atoms with E-state index < -0.39 is 69.7 Å². The quantitative estimate of drug-likeness (QED) is 0.103. The highest BCUT2D eigenvalue weighted by Gasteiger charge is 2.66. The largest absolute Gasteiger partial charge is 0.510 e. The van der Waals surface area contributed by atoms with Crippen LogP contribution in [0.1, 0.15) is 15.9 Å². The van der Waals surface area contributed by atoms with Gasteiger partial charge >= 0.3 is 0 Å². The molecule has 3 aliphatic carbocycles. The van der Waals surface area contributed by atoms with Crippen molar-refractivity contribution < 1.29 is 39.9 Å². The number of amides is 1. The predicted octanol–water partition coefficient (Wildman–Crippen LogP) is -0.722. The number of aliphatic hydroxyl groups is 4. The summed E-state index contributed by atoms with van der Waals surface area (Å²) in [5.41, 5.74) is 7.24. The van der Waals surface area contributed by atoms with Gasteiger partial charge in [-0.2, -0.15) is 0 Å². The number of rotatable bonds is 2. The van der Waals surface area contributed by atoms with E-state index in [-0.39, 0.29) is 32.6 Å². The zero-order valence-corrected chi connectivity index (χ0v) is 19.7. The first-order chi connectivity index (χ1) is 15.3. The number of phenolic OH excluding ortho intramolecular Hbond substituents is 1. The summed E-state index contributed by atoms with van der Waals surface area (Å²) in [6.07, 6.45) is -1.72. The SMILES string of the molecule is CN(C)C1C(O)=C(C(N)=O)C(=O)[C@@]2(O)C(O)=C3C(=O)c4c(O)c(I)cc(N)c4CC3C(O)C12. The Kier molecular flexibility index (Phi) is 5.27. The van der Waals surface area contributed by atoms with E-state index in [1.165, 1.54) is 25.1 Å². The number of hydrogen-bond donors (Lipinski definition) is 7. The molecule has 1 amide bonds. The minimum Gasteiger partial charge on any atom is -0.510 e. The number of halogens is 1. The lowest BCUT2D eigenvalue weighted by molar-refractivity contribution is -0.161. The molecule has 0 saturated heterocycles. The average molecular weight is 571 g/mol. The number of nitrogen functional groups attached to an aromatic ring is 1. The molecule has 0 spiro atoms. The lowest BCUT2D eigenvalue weighted by Gasteiger charge is -2.52. The number of fused-ring (bicyclic) bond motifs is 3. The molecule has 3 aliphatic rings. The van der Waals surface area contributed by atoms with Crippen molar-refractivity contribution in [3.05, 3.63) is 43.4 Å². The van der Waals surface area contributed by atoms with Crippen LogP contribution in [0.15, 0.2) is 28.7 Å². The van der Waals surface area contributed by atoms with E-state index in [0.29, 0.717) is 0 Å². The van der Waals surface area contributed by atoms with Crippen molar-refractivity contribution in [3.63, 3.8) is 0 Å². The smallest absolute Gasteiger partial charge is 0.255 e. The second-order valence-electron chi connectivity index (χ2n) is 8.70. The maximum atomic E-state index is 13.4. The first-order valence-electron chi connectivity index (χ1n) is 9.89. The normalized spacial score (nSPS) is 31.5. The molecule has 0 bridgehead atoms. The van der Waals surface area contributed by atoms with Gasteiger partial charge in [-0.05, 0) is 54.7 Å². The van der Waals surface area contributed by atoms with Crippen LogP contribution in [0.25, 0.3) is 0 Å². The van der Waals surface area contributed by atoms with Crippen LogP contribution in [-0.2, 0) is 16.0 Å². The van der Waals surface area contributed by atoms with Gasteiger partial charge in [-0.3, -0.25) is 19.3 Å². The van der Waals surface area contributed by atoms with Crippen LogP contribution < -0.4 is 11.5 Å². The molecule has 0 fully saturated rings. The first-order valence-corrected chi connectivity index (χ1v) is 11.0. The highest BCUT2D eigenvalue weighted by atomic mass is 127. The fourth-order valence-electron chi connectivity index (χ4n) is 5.33. The Morgan fingerprint density at radius 3 is 2.39 bits per heavy atom. The summed E-state index contributed by atoms with van der Waals surface area (Å²) in [4.78, 5) is 39.9. The molecule has 0 aromatic heterocycles. The Hall–Kier alpha value is -2.68. The Bertz CT molecular complexity index is 1210. The third-order valence-corrected chi connectivity index (χ3v) is 7.62. The summed E-state index contributed by atoms with van der Waals surface area (Å²) in [5.74, 6) is -8.55. The van der Waals surface area contributed by atoms with Crippen molar-refractivity contribution in [1.82, 2.24) is 4.90 Å². The van der Waals surface area contributed by atoms with Crippen molar-refractivity contribution in [3.8, 4) is 5.75 Å². The number of Topliss-reactive ketones (excluding diaryl/α,β-unsaturated/α-hetero) is 2. The van der Waals surface area contributed by atoms with Crippen molar-refractivity contribution in [1.29, 1.82) is 0 Å². The molecule has 5 atom stereocenters. The number of benzene rings is 1. The van der Waals surface area contributed by atoms with E-state index in [9.17, 15) is 39.9 Å². The van der Waals surface area contributed by atoms with Gasteiger partial charge in [0.1, 0.15) is 22.8 Å². The number of nitrogens with two attached hydrogens (primary N) is 2. The van der Waals surface area contributed by atoms with Crippen LogP contribution >= 0.6 is 22.6 Å². The molecule has 4 rings (SSSR count). The molecule has 12 heteroatoms. The van der Waals surface area contributed by atoms with E-state index in [0.717, 1.165) is 0 Å². The van der Waals surface area contributed by atoms with Crippen molar-refractivity contribution in [2.24, 2.45) is 17.6 Å². The molecule has 9 N–H and O–H groups in total. The van der Waals surface area contributed by atoms with Crippen LogP contribution in [0, 0.1) is 15.4 Å². The van der Waals surface area contributed by atoms with E-state index in [2.05, 4.69) is 0 Å². The van der Waals surface area contributed by atoms with E-state index in [1.807, 2.05) is 0 Å². The minimum atomic E-state index is -2.92. The topological polar surface area (TPSA) is 208 Å². The van der Waals surface area contributed by atoms with Gasteiger partial charge in [0.05, 0.1) is 27.2 Å². The van der Waals surface area contributed by atoms with Gasteiger partial charge in [-0.15, -0.1) is 0 Å². The number of carbonyl (C=O) groups is 3. The van der Waals surface area contributed by atoms with Gasteiger partial charge in [0.25, 0.3) is 5.91 Å². The molecule has 0 aliphatic heterocycles. The van der Waals surface area contributed by atoms with Gasteiger partial charge in [0.15, 0.2) is 11.4 Å². The number of nitrogens with zero attached hydrogens (tertiary/aromatic N) is 1. The minimum absolute atomic E-state index is 0.0913. The molecular formula is C21H22IN3O8. The zero-order valence-electron chi connectivity index (χ0n) is 17.5. The molecule has 0 radical (unpaired) electrons. The van der Waals surface area contributed by atoms with E-state index in [4.69, 9.17) is 11.5 Å². The Morgan fingerprint density at radius 1 is 1.24 bits per heavy atom. The third kappa shape index (κ3) is 2.87. The van der Waals surface area contributed by atoms with Gasteiger partial charge in [-0.1, -0.05) is 0 Å². The second kappa shape index (κ2) is 7.41. The Morgan fingerprint density at radius 2 is 1.85 bits per heavy atom. The molecular weight excluding hydrogens is 549 g/mol. The number of likely N-dealkylation sites (N-methyl/N-ethyl adjacent to an activating group) is 1. The highest BCUT2D eigenvalue weighted by Crippen LogP contribution is 2.53. The molecule has 176 valence electrons. The molecule has 33 heavy (non-hydrogen) atoms. The number of primary amides is 1. The predicted molar refractivity (Wildman–Crippen MR) is 122 cm³/mol. The van der Waals surface area contributed by atoms with Crippen LogP contribution in [0.5, 0.6) is 5.75 Å². The number of carbonyl (C=O) groups excluding carboxylic acids is 3. The fraction of sp³-hybridized carbons (Fsp3) is 0.381. The van der Waals surface area contributed by atoms with Crippen molar-refractivity contribution in [2.75, 3.05) is 19.8 Å². The maximum absolute atomic E-state index is 13.4. The number of anilines is 1. The van der Waals surface area contributed by atoms with E-state index >= 15 is 0 Å². The summed E-state index contributed by atoms with van der Waals surface area (Å²) in [5, 5.41) is 55.2. The van der Waals surface area contributed by atoms with Gasteiger partial charge < -0.3 is 37.0 Å². The van der Waals surface area contributed by atoms with E-state index in [1.54, 1.807) is 22.6 Å². The van der Waals surface area contributed by atoms with Gasteiger partial charge in [0.2, 0.25) is 5.78 Å². The molecule has 4 unspecified atom stereocenters. The molecule has 0 saturated carbocycles. The molecule has 0 heterocycles. The van der Waals surface area contributed by atoms with Crippen molar-refractivity contribution in [2.45, 2.75) is 24.2 Å². The zero-order chi connectivity index (χ0) is 24.7. The average Bonchev–Trinajstić information content (AvgIpc) is 2.71. The van der Waals surface area contributed by atoms with Crippen LogP contribution in [0.4, 0.5) is 5.69 Å². The standard InChI is InChI=1S/C21H22IN3O8/c1-25(2)13-12-14(26)6-3-5-8(23)4-7(22)15(27)9(5)16(28)10(6)18(30)21(12,33)19(31)11(17(13)29)20(24)32/h4,6,12-14,26-27,29-30,33H,3,23H2,1-2H3,(H2,24,32)/t6?,12?,13?,14?,21-/m0/s1. The number of aliphatic hydroxyl groups excluding tert-OH is 3. The van der Waals surface area contributed by atoms with Crippen LogP contribution in [0.2, 0.25) is 0 Å². The second-order valence-corrected chi connectivity index (χ2v) is 9.86. The fourth-order valence-corrected chi connectivity index (χ4v) is 5.93. The number of hydrogen-bond acceptors (Lipinski definition) is 10. The summed E-state index contributed by atoms with van der Waals surface area (Å²) in [6.45, 7) is 0. The van der Waals surface area contributed by atoms with Gasteiger partial charge in [0, 0.05) is 17.2 Å². The molecule has 1 aromatic carbocycles. The third-order valence-electron chi connectivity index (χ3n) is 6.79. The van der Waals surface area contributed by atoms with Gasteiger partial charge in [-0.25, -0.2) is 0 Å². The monoisotopic (exact) mass is 571 g/mol. The van der Waals surface area contributed by atoms with Crippen LogP contribution in [-0.4, -0.2) is 79.7 Å². The summed E-state index contributed by atoms with van der Waals surface area (Å²) < 4.78 is 0.272. The Balaban J connectivity index is 2.04. The summed E-state index contributed by atoms with van der Waals surface area (Å²) in [7, 11) is 2.94. The molecule has 1 aromatic rings. The number of aromatic hydroxyl groups is 1. The Labute approximate surface area is 201 Å². The highest BCUT2D eigenvalue weighted by molar-refractivity contribution is 14.1. The number of phenols is 1. The maximum Gasteiger partial charge on any atom is 0.255 e. The number of ketones is 2.